The Bertz CT molecular complexity index is 1610. The minimum absolute atomic E-state index is 0.263. The monoisotopic (exact) mass is 504 g/mol. The van der Waals surface area contributed by atoms with Gasteiger partial charge in [-0.3, -0.25) is 14.7 Å². The zero-order valence-electron chi connectivity index (χ0n) is 21.3. The van der Waals surface area contributed by atoms with E-state index in [2.05, 4.69) is 9.97 Å². The number of carbonyl (C=O) groups is 1. The fraction of sp³-hybridized carbons (Fsp3) is 0.407. The van der Waals surface area contributed by atoms with Crippen LogP contribution in [-0.4, -0.2) is 61.1 Å². The van der Waals surface area contributed by atoms with Crippen LogP contribution in [0.1, 0.15) is 39.3 Å². The molecule has 10 heteroatoms. The first-order valence-electron chi connectivity index (χ1n) is 12.5. The van der Waals surface area contributed by atoms with Gasteiger partial charge in [-0.1, -0.05) is 6.07 Å². The number of amides is 1. The molecule has 1 spiro atoms. The summed E-state index contributed by atoms with van der Waals surface area (Å²) in [5.74, 6) is 0.0642. The smallest absolute Gasteiger partial charge is 0.410 e. The molecule has 192 valence electrons. The number of hydrogen-bond acceptors (Lipinski definition) is 6. The van der Waals surface area contributed by atoms with Gasteiger partial charge in [0.1, 0.15) is 5.60 Å². The third-order valence-electron chi connectivity index (χ3n) is 7.04. The number of aromatic amines is 1. The molecule has 0 bridgehead atoms. The maximum absolute atomic E-state index is 14.6. The number of pyridine rings is 1. The summed E-state index contributed by atoms with van der Waals surface area (Å²) in [6.45, 7) is 9.03. The Morgan fingerprint density at radius 2 is 1.89 bits per heavy atom. The Hall–Kier alpha value is -3.95. The minimum Gasteiger partial charge on any atom is -0.444 e. The minimum atomic E-state index is -0.552. The van der Waals surface area contributed by atoms with Crippen molar-refractivity contribution in [1.82, 2.24) is 24.3 Å². The number of piperazine rings is 1. The molecule has 1 saturated carbocycles. The zero-order chi connectivity index (χ0) is 26.1. The summed E-state index contributed by atoms with van der Waals surface area (Å²) in [6, 6.07) is 6.79. The van der Waals surface area contributed by atoms with Crippen LogP contribution >= 0.6 is 0 Å². The molecule has 4 aromatic rings. The number of anilines is 1. The molecule has 0 radical (unpaired) electrons. The number of rotatable bonds is 2. The Morgan fingerprint density at radius 1 is 1.11 bits per heavy atom. The summed E-state index contributed by atoms with van der Waals surface area (Å²) in [7, 11) is 0. The molecule has 6 rings (SSSR count). The number of hydrogen-bond donors (Lipinski definition) is 1. The van der Waals surface area contributed by atoms with Crippen molar-refractivity contribution in [3.63, 3.8) is 0 Å². The largest absolute Gasteiger partial charge is 0.444 e. The van der Waals surface area contributed by atoms with E-state index < -0.39 is 11.4 Å². The fourth-order valence-electron chi connectivity index (χ4n) is 5.13. The van der Waals surface area contributed by atoms with Crippen molar-refractivity contribution in [3.05, 3.63) is 58.5 Å². The summed E-state index contributed by atoms with van der Waals surface area (Å²) in [4.78, 5) is 41.6. The lowest BCUT2D eigenvalue weighted by molar-refractivity contribution is 0.0105. The summed E-state index contributed by atoms with van der Waals surface area (Å²) >= 11 is 0. The van der Waals surface area contributed by atoms with E-state index >= 15 is 0 Å². The molecule has 2 fully saturated rings. The zero-order valence-corrected chi connectivity index (χ0v) is 21.3. The van der Waals surface area contributed by atoms with Crippen molar-refractivity contribution in [1.29, 1.82) is 0 Å². The van der Waals surface area contributed by atoms with Crippen LogP contribution in [-0.2, 0) is 4.74 Å². The molecule has 9 nitrogen and oxygen atoms in total. The molecule has 1 N–H and O–H groups in total. The standard InChI is InChI=1S/C27H29FN6O3/c1-16-13-33-14-18(12-20(28)22(33)29-16)17-5-6-21-19(11-17)23(35)31-24(30-21)32-9-10-34(27(15-32)7-8-27)25(36)37-26(2,3)4/h5-6,11-14H,7-10,15H2,1-4H3,(H,30,31,35). The highest BCUT2D eigenvalue weighted by Gasteiger charge is 2.54. The Labute approximate surface area is 212 Å². The van der Waals surface area contributed by atoms with Crippen molar-refractivity contribution >= 4 is 28.6 Å². The fourth-order valence-corrected chi connectivity index (χ4v) is 5.13. The van der Waals surface area contributed by atoms with E-state index in [4.69, 9.17) is 9.72 Å². The van der Waals surface area contributed by atoms with E-state index in [9.17, 15) is 14.0 Å². The lowest BCUT2D eigenvalue weighted by Crippen LogP contribution is -2.58. The van der Waals surface area contributed by atoms with Gasteiger partial charge in [0.2, 0.25) is 5.95 Å². The second kappa shape index (κ2) is 8.03. The van der Waals surface area contributed by atoms with E-state index in [1.165, 1.54) is 6.07 Å². The van der Waals surface area contributed by atoms with E-state index in [-0.39, 0.29) is 22.8 Å². The summed E-state index contributed by atoms with van der Waals surface area (Å²) in [6.07, 6.45) is 5.05. The van der Waals surface area contributed by atoms with Crippen molar-refractivity contribution in [3.8, 4) is 11.1 Å². The first-order valence-corrected chi connectivity index (χ1v) is 12.5. The Morgan fingerprint density at radius 3 is 2.62 bits per heavy atom. The van der Waals surface area contributed by atoms with Gasteiger partial charge in [-0.05, 0) is 64.3 Å². The number of aromatic nitrogens is 4. The van der Waals surface area contributed by atoms with Crippen LogP contribution in [0.4, 0.5) is 15.1 Å². The quantitative estimate of drug-likeness (QED) is 0.438. The van der Waals surface area contributed by atoms with Crippen LogP contribution in [0.2, 0.25) is 0 Å². The molecule has 1 aromatic carbocycles. The number of halogens is 1. The molecule has 1 amide bonds. The van der Waals surface area contributed by atoms with Crippen LogP contribution in [0.25, 0.3) is 27.7 Å². The molecule has 4 heterocycles. The number of fused-ring (bicyclic) bond motifs is 2. The third-order valence-corrected chi connectivity index (χ3v) is 7.04. The lowest BCUT2D eigenvalue weighted by Gasteiger charge is -2.42. The maximum Gasteiger partial charge on any atom is 0.410 e. The number of nitrogens with one attached hydrogen (secondary N) is 1. The van der Waals surface area contributed by atoms with Crippen LogP contribution in [0, 0.1) is 12.7 Å². The average molecular weight is 505 g/mol. The predicted molar refractivity (Wildman–Crippen MR) is 138 cm³/mol. The highest BCUT2D eigenvalue weighted by molar-refractivity contribution is 5.84. The van der Waals surface area contributed by atoms with E-state index in [1.807, 2.05) is 43.6 Å². The number of aryl methyl sites for hydroxylation is 1. The molecule has 1 aliphatic heterocycles. The number of carbonyl (C=O) groups excluding carboxylic acids is 1. The van der Waals surface area contributed by atoms with Gasteiger partial charge in [0.15, 0.2) is 11.5 Å². The second-order valence-electron chi connectivity index (χ2n) is 11.1. The van der Waals surface area contributed by atoms with E-state index in [0.29, 0.717) is 47.6 Å². The van der Waals surface area contributed by atoms with Gasteiger partial charge in [0.25, 0.3) is 5.56 Å². The van der Waals surface area contributed by atoms with Crippen LogP contribution in [0.15, 0.2) is 41.5 Å². The topological polar surface area (TPSA) is 95.8 Å². The van der Waals surface area contributed by atoms with Gasteiger partial charge >= 0.3 is 6.09 Å². The Balaban J connectivity index is 1.28. The summed E-state index contributed by atoms with van der Waals surface area (Å²) in [5, 5.41) is 0.428. The van der Waals surface area contributed by atoms with Gasteiger partial charge < -0.3 is 14.0 Å². The van der Waals surface area contributed by atoms with E-state index in [0.717, 1.165) is 18.5 Å². The van der Waals surface area contributed by atoms with Gasteiger partial charge in [-0.25, -0.2) is 19.2 Å². The molecular formula is C27H29FN6O3. The summed E-state index contributed by atoms with van der Waals surface area (Å²) in [5.41, 5.74) is 1.80. The van der Waals surface area contributed by atoms with Crippen molar-refractivity contribution in [2.24, 2.45) is 0 Å². The molecule has 2 aliphatic rings. The van der Waals surface area contributed by atoms with E-state index in [1.54, 1.807) is 28.9 Å². The molecule has 37 heavy (non-hydrogen) atoms. The van der Waals surface area contributed by atoms with Gasteiger partial charge in [0.05, 0.1) is 22.1 Å². The molecule has 1 saturated heterocycles. The van der Waals surface area contributed by atoms with Crippen LogP contribution in [0.3, 0.4) is 0 Å². The molecule has 0 unspecified atom stereocenters. The normalized spacial score (nSPS) is 17.1. The van der Waals surface area contributed by atoms with Gasteiger partial charge in [-0.2, -0.15) is 0 Å². The van der Waals surface area contributed by atoms with Gasteiger partial charge in [0, 0.05) is 37.6 Å². The molecule has 0 atom stereocenters. The number of nitrogens with zero attached hydrogens (tertiary/aromatic N) is 5. The molecule has 1 aliphatic carbocycles. The number of imidazole rings is 1. The number of ether oxygens (including phenoxy) is 1. The van der Waals surface area contributed by atoms with Crippen molar-refractivity contribution in [2.45, 2.75) is 51.7 Å². The van der Waals surface area contributed by atoms with Crippen molar-refractivity contribution in [2.75, 3.05) is 24.5 Å². The maximum atomic E-state index is 14.6. The predicted octanol–water partition coefficient (Wildman–Crippen LogP) is 4.28. The lowest BCUT2D eigenvalue weighted by atomic mass is 10.1. The molecular weight excluding hydrogens is 475 g/mol. The van der Waals surface area contributed by atoms with Crippen LogP contribution < -0.4 is 10.5 Å². The number of benzene rings is 1. The second-order valence-corrected chi connectivity index (χ2v) is 11.1. The highest BCUT2D eigenvalue weighted by atomic mass is 19.1. The third kappa shape index (κ3) is 4.20. The van der Waals surface area contributed by atoms with Crippen LogP contribution in [0.5, 0.6) is 0 Å². The summed E-state index contributed by atoms with van der Waals surface area (Å²) < 4.78 is 21.9. The first kappa shape index (κ1) is 23.4. The first-order chi connectivity index (χ1) is 17.5. The molecule has 3 aromatic heterocycles. The van der Waals surface area contributed by atoms with Crippen molar-refractivity contribution < 1.29 is 13.9 Å². The van der Waals surface area contributed by atoms with Gasteiger partial charge in [-0.15, -0.1) is 0 Å². The average Bonchev–Trinajstić information content (AvgIpc) is 3.46. The highest BCUT2D eigenvalue weighted by Crippen LogP contribution is 2.45. The number of H-pyrrole nitrogens is 1. The SMILES string of the molecule is Cc1cn2cc(-c3ccc4nc(N5CCN(C(=O)OC(C)(C)C)C6(CC6)C5)[nH]c(=O)c4c3)cc(F)c2n1. The Kier molecular flexibility index (Phi) is 5.09.